The average molecular weight is 341 g/mol. The molecule has 25 heavy (non-hydrogen) atoms. The predicted octanol–water partition coefficient (Wildman–Crippen LogP) is 2.68. The van der Waals surface area contributed by atoms with Gasteiger partial charge >= 0.3 is 0 Å². The molecule has 1 saturated heterocycles. The van der Waals surface area contributed by atoms with Crippen molar-refractivity contribution in [1.29, 1.82) is 0 Å². The van der Waals surface area contributed by atoms with E-state index in [-0.39, 0.29) is 11.5 Å². The molecule has 130 valence electrons. The van der Waals surface area contributed by atoms with Crippen LogP contribution in [0.1, 0.15) is 33.5 Å². The van der Waals surface area contributed by atoms with Crippen molar-refractivity contribution in [3.63, 3.8) is 0 Å². The van der Waals surface area contributed by atoms with Crippen molar-refractivity contribution in [3.05, 3.63) is 58.7 Å². The fourth-order valence-corrected chi connectivity index (χ4v) is 3.43. The standard InChI is InChI=1S/C19H20FN3O2/c1-11-8-12(2)17(13(3)9-11)23-7-5-16(19(23)25)22-18(24)14-4-6-21-10-15(14)20/h4,6,8-10,16H,5,7H2,1-3H3,(H,22,24)/t16-/m0/s1. The number of carbonyl (C=O) groups excluding carboxylic acids is 2. The molecule has 3 rings (SSSR count). The van der Waals surface area contributed by atoms with Crippen LogP contribution in [0.2, 0.25) is 0 Å². The highest BCUT2D eigenvalue weighted by atomic mass is 19.1. The van der Waals surface area contributed by atoms with E-state index in [1.165, 1.54) is 12.3 Å². The molecule has 5 nitrogen and oxygen atoms in total. The first-order chi connectivity index (χ1) is 11.9. The van der Waals surface area contributed by atoms with Gasteiger partial charge in [0.15, 0.2) is 5.82 Å². The summed E-state index contributed by atoms with van der Waals surface area (Å²) in [7, 11) is 0. The van der Waals surface area contributed by atoms with E-state index in [1.807, 2.05) is 32.9 Å². The highest BCUT2D eigenvalue weighted by Gasteiger charge is 2.35. The van der Waals surface area contributed by atoms with Crippen LogP contribution in [-0.2, 0) is 4.79 Å². The Kier molecular flexibility index (Phi) is 4.53. The summed E-state index contributed by atoms with van der Waals surface area (Å²) in [6.07, 6.45) is 2.82. The maximum Gasteiger partial charge on any atom is 0.255 e. The summed E-state index contributed by atoms with van der Waals surface area (Å²) in [6.45, 7) is 6.48. The molecule has 1 aromatic heterocycles. The van der Waals surface area contributed by atoms with E-state index < -0.39 is 17.8 Å². The highest BCUT2D eigenvalue weighted by molar-refractivity contribution is 6.04. The molecule has 0 spiro atoms. The minimum absolute atomic E-state index is 0.107. The van der Waals surface area contributed by atoms with Crippen molar-refractivity contribution in [1.82, 2.24) is 10.3 Å². The van der Waals surface area contributed by atoms with Crippen LogP contribution in [-0.4, -0.2) is 29.4 Å². The van der Waals surface area contributed by atoms with Gasteiger partial charge in [-0.15, -0.1) is 0 Å². The van der Waals surface area contributed by atoms with Crippen LogP contribution in [0, 0.1) is 26.6 Å². The Morgan fingerprint density at radius 1 is 1.28 bits per heavy atom. The molecule has 0 bridgehead atoms. The van der Waals surface area contributed by atoms with Gasteiger partial charge in [0.1, 0.15) is 6.04 Å². The lowest BCUT2D eigenvalue weighted by atomic mass is 10.0. The van der Waals surface area contributed by atoms with E-state index in [0.29, 0.717) is 13.0 Å². The van der Waals surface area contributed by atoms with E-state index in [4.69, 9.17) is 0 Å². The Morgan fingerprint density at radius 3 is 2.60 bits per heavy atom. The number of rotatable bonds is 3. The zero-order valence-corrected chi connectivity index (χ0v) is 14.5. The molecule has 0 unspecified atom stereocenters. The number of benzene rings is 1. The molecule has 1 aliphatic heterocycles. The number of aryl methyl sites for hydroxylation is 3. The number of carbonyl (C=O) groups is 2. The van der Waals surface area contributed by atoms with Gasteiger partial charge < -0.3 is 10.2 Å². The lowest BCUT2D eigenvalue weighted by molar-refractivity contribution is -0.118. The summed E-state index contributed by atoms with van der Waals surface area (Å²) in [5.74, 6) is -1.47. The Balaban J connectivity index is 1.79. The molecule has 1 atom stereocenters. The minimum Gasteiger partial charge on any atom is -0.340 e. The van der Waals surface area contributed by atoms with Crippen molar-refractivity contribution >= 4 is 17.5 Å². The fraction of sp³-hybridized carbons (Fsp3) is 0.316. The molecule has 2 amide bonds. The van der Waals surface area contributed by atoms with Crippen LogP contribution < -0.4 is 10.2 Å². The maximum absolute atomic E-state index is 13.7. The third kappa shape index (κ3) is 3.24. The Hall–Kier alpha value is -2.76. The summed E-state index contributed by atoms with van der Waals surface area (Å²) in [6, 6.07) is 4.72. The summed E-state index contributed by atoms with van der Waals surface area (Å²) in [4.78, 5) is 30.3. The van der Waals surface area contributed by atoms with Crippen LogP contribution in [0.5, 0.6) is 0 Å². The summed E-state index contributed by atoms with van der Waals surface area (Å²) in [5, 5.41) is 2.64. The lowest BCUT2D eigenvalue weighted by Gasteiger charge is -2.22. The largest absolute Gasteiger partial charge is 0.340 e. The fourth-order valence-electron chi connectivity index (χ4n) is 3.43. The molecule has 6 heteroatoms. The van der Waals surface area contributed by atoms with Crippen molar-refractivity contribution in [2.45, 2.75) is 33.2 Å². The first-order valence-corrected chi connectivity index (χ1v) is 8.18. The van der Waals surface area contributed by atoms with Crippen LogP contribution in [0.15, 0.2) is 30.6 Å². The molecular formula is C19H20FN3O2. The zero-order chi connectivity index (χ0) is 18.1. The van der Waals surface area contributed by atoms with Gasteiger partial charge in [-0.25, -0.2) is 4.39 Å². The van der Waals surface area contributed by atoms with E-state index >= 15 is 0 Å². The first-order valence-electron chi connectivity index (χ1n) is 8.18. The lowest BCUT2D eigenvalue weighted by Crippen LogP contribution is -2.42. The molecular weight excluding hydrogens is 321 g/mol. The normalized spacial score (nSPS) is 17.0. The zero-order valence-electron chi connectivity index (χ0n) is 14.5. The molecule has 2 aromatic rings. The molecule has 1 aliphatic rings. The van der Waals surface area contributed by atoms with E-state index in [0.717, 1.165) is 28.6 Å². The van der Waals surface area contributed by atoms with Gasteiger partial charge in [-0.2, -0.15) is 0 Å². The maximum atomic E-state index is 13.7. The summed E-state index contributed by atoms with van der Waals surface area (Å²) < 4.78 is 13.7. The van der Waals surface area contributed by atoms with Gasteiger partial charge in [-0.3, -0.25) is 14.6 Å². The monoisotopic (exact) mass is 341 g/mol. The smallest absolute Gasteiger partial charge is 0.255 e. The Labute approximate surface area is 145 Å². The second-order valence-corrected chi connectivity index (χ2v) is 6.41. The quantitative estimate of drug-likeness (QED) is 0.934. The van der Waals surface area contributed by atoms with Crippen molar-refractivity contribution in [3.8, 4) is 0 Å². The van der Waals surface area contributed by atoms with Crippen molar-refractivity contribution in [2.24, 2.45) is 0 Å². The topological polar surface area (TPSA) is 62.3 Å². The van der Waals surface area contributed by atoms with Crippen LogP contribution in [0.25, 0.3) is 0 Å². The second-order valence-electron chi connectivity index (χ2n) is 6.41. The highest BCUT2D eigenvalue weighted by Crippen LogP contribution is 2.30. The van der Waals surface area contributed by atoms with Crippen molar-refractivity contribution in [2.75, 3.05) is 11.4 Å². The van der Waals surface area contributed by atoms with Gasteiger partial charge in [-0.05, 0) is 44.4 Å². The SMILES string of the molecule is Cc1cc(C)c(N2CC[C@H](NC(=O)c3ccncc3F)C2=O)c(C)c1. The number of hydrogen-bond donors (Lipinski definition) is 1. The second kappa shape index (κ2) is 6.63. The minimum atomic E-state index is -0.701. The van der Waals surface area contributed by atoms with Crippen LogP contribution in [0.3, 0.4) is 0 Å². The Bertz CT molecular complexity index is 827. The number of anilines is 1. The molecule has 0 saturated carbocycles. The van der Waals surface area contributed by atoms with E-state index in [1.54, 1.807) is 4.90 Å². The molecule has 0 aliphatic carbocycles. The van der Waals surface area contributed by atoms with E-state index in [2.05, 4.69) is 10.3 Å². The van der Waals surface area contributed by atoms with Gasteiger partial charge in [0.25, 0.3) is 5.91 Å². The number of aromatic nitrogens is 1. The number of nitrogens with zero attached hydrogens (tertiary/aromatic N) is 2. The van der Waals surface area contributed by atoms with Gasteiger partial charge in [-0.1, -0.05) is 17.7 Å². The third-order valence-electron chi connectivity index (χ3n) is 4.43. The predicted molar refractivity (Wildman–Crippen MR) is 93.1 cm³/mol. The first kappa shape index (κ1) is 17.1. The summed E-state index contributed by atoms with van der Waals surface area (Å²) in [5.41, 5.74) is 3.98. The number of amides is 2. The number of halogens is 1. The third-order valence-corrected chi connectivity index (χ3v) is 4.43. The van der Waals surface area contributed by atoms with Crippen LogP contribution in [0.4, 0.5) is 10.1 Å². The van der Waals surface area contributed by atoms with Crippen molar-refractivity contribution < 1.29 is 14.0 Å². The molecule has 1 N–H and O–H groups in total. The summed E-state index contributed by atoms with van der Waals surface area (Å²) >= 11 is 0. The van der Waals surface area contributed by atoms with E-state index in [9.17, 15) is 14.0 Å². The molecule has 2 heterocycles. The van der Waals surface area contributed by atoms with Gasteiger partial charge in [0, 0.05) is 18.4 Å². The van der Waals surface area contributed by atoms with Gasteiger partial charge in [0.05, 0.1) is 11.8 Å². The average Bonchev–Trinajstić information content (AvgIpc) is 2.88. The molecule has 1 aromatic carbocycles. The van der Waals surface area contributed by atoms with Gasteiger partial charge in [0.2, 0.25) is 5.91 Å². The number of nitrogens with one attached hydrogen (secondary N) is 1. The Morgan fingerprint density at radius 2 is 1.96 bits per heavy atom. The molecule has 0 radical (unpaired) electrons. The number of pyridine rings is 1. The number of hydrogen-bond acceptors (Lipinski definition) is 3. The molecule has 1 fully saturated rings. The van der Waals surface area contributed by atoms with Crippen LogP contribution >= 0.6 is 0 Å².